The van der Waals surface area contributed by atoms with Gasteiger partial charge in [0.25, 0.3) is 9.05 Å². The molecule has 2 aromatic rings. The van der Waals surface area contributed by atoms with E-state index in [1.807, 2.05) is 39.0 Å². The van der Waals surface area contributed by atoms with Gasteiger partial charge in [0, 0.05) is 10.7 Å². The van der Waals surface area contributed by atoms with Crippen molar-refractivity contribution in [2.75, 3.05) is 0 Å². The Hall–Kier alpha value is -1.04. The van der Waals surface area contributed by atoms with Gasteiger partial charge in [-0.2, -0.15) is 5.10 Å². The lowest BCUT2D eigenvalue weighted by atomic mass is 10.1. The van der Waals surface area contributed by atoms with Crippen molar-refractivity contribution in [3.05, 3.63) is 40.2 Å². The first kappa shape index (κ1) is 16.3. The molecule has 0 fully saturated rings. The van der Waals surface area contributed by atoms with Crippen molar-refractivity contribution in [1.29, 1.82) is 0 Å². The molecule has 0 aliphatic heterocycles. The average molecular weight is 347 g/mol. The van der Waals surface area contributed by atoms with Gasteiger partial charge in [-0.05, 0) is 37.5 Å². The fourth-order valence-electron chi connectivity index (χ4n) is 2.17. The molecule has 0 spiro atoms. The van der Waals surface area contributed by atoms with Crippen molar-refractivity contribution in [3.8, 4) is 5.69 Å². The lowest BCUT2D eigenvalue weighted by Gasteiger charge is -2.08. The number of benzene rings is 1. The SMILES string of the molecule is CCCc1nn(-c2cc(C)ccc2C)c(Cl)c1S(=O)(=O)Cl. The summed E-state index contributed by atoms with van der Waals surface area (Å²) < 4.78 is 25.0. The molecule has 21 heavy (non-hydrogen) atoms. The molecule has 0 unspecified atom stereocenters. The van der Waals surface area contributed by atoms with Gasteiger partial charge in [0.05, 0.1) is 11.4 Å². The van der Waals surface area contributed by atoms with Crippen molar-refractivity contribution < 1.29 is 8.42 Å². The summed E-state index contributed by atoms with van der Waals surface area (Å²) in [5, 5.41) is 4.39. The van der Waals surface area contributed by atoms with Crippen molar-refractivity contribution >= 4 is 31.3 Å². The summed E-state index contributed by atoms with van der Waals surface area (Å²) >= 11 is 6.25. The van der Waals surface area contributed by atoms with Crippen LogP contribution in [0.25, 0.3) is 5.69 Å². The van der Waals surface area contributed by atoms with E-state index in [9.17, 15) is 8.42 Å². The highest BCUT2D eigenvalue weighted by atomic mass is 35.7. The first-order valence-corrected chi connectivity index (χ1v) is 9.24. The van der Waals surface area contributed by atoms with Gasteiger partial charge in [-0.3, -0.25) is 0 Å². The zero-order valence-corrected chi connectivity index (χ0v) is 14.3. The highest BCUT2D eigenvalue weighted by Gasteiger charge is 2.26. The third-order valence-electron chi connectivity index (χ3n) is 3.18. The third kappa shape index (κ3) is 3.25. The molecule has 0 bridgehead atoms. The molecule has 0 atom stereocenters. The average Bonchev–Trinajstić information content (AvgIpc) is 2.69. The van der Waals surface area contributed by atoms with Crippen LogP contribution >= 0.6 is 22.3 Å². The summed E-state index contributed by atoms with van der Waals surface area (Å²) in [6.07, 6.45) is 1.25. The van der Waals surface area contributed by atoms with Gasteiger partial charge in [0.1, 0.15) is 4.90 Å². The Labute approximate surface area is 134 Å². The Morgan fingerprint density at radius 2 is 1.95 bits per heavy atom. The molecule has 4 nitrogen and oxygen atoms in total. The first-order chi connectivity index (χ1) is 9.75. The third-order valence-corrected chi connectivity index (χ3v) is 5.02. The maximum atomic E-state index is 11.8. The molecule has 7 heteroatoms. The summed E-state index contributed by atoms with van der Waals surface area (Å²) in [5.41, 5.74) is 3.14. The Bertz CT molecular complexity index is 783. The van der Waals surface area contributed by atoms with E-state index in [1.165, 1.54) is 4.68 Å². The molecule has 0 aliphatic carbocycles. The van der Waals surface area contributed by atoms with Crippen molar-refractivity contribution in [3.63, 3.8) is 0 Å². The molecular weight excluding hydrogens is 331 g/mol. The number of halogens is 2. The number of aromatic nitrogens is 2. The topological polar surface area (TPSA) is 52.0 Å². The Morgan fingerprint density at radius 3 is 2.52 bits per heavy atom. The minimum atomic E-state index is -3.94. The number of hydrogen-bond acceptors (Lipinski definition) is 3. The minimum absolute atomic E-state index is 0.0298. The Morgan fingerprint density at radius 1 is 1.29 bits per heavy atom. The molecule has 1 heterocycles. The second-order valence-electron chi connectivity index (χ2n) is 4.96. The van der Waals surface area contributed by atoms with Crippen LogP contribution in [0, 0.1) is 13.8 Å². The molecule has 0 saturated carbocycles. The normalized spacial score (nSPS) is 11.9. The molecule has 0 radical (unpaired) electrons. The summed E-state index contributed by atoms with van der Waals surface area (Å²) in [4.78, 5) is -0.0893. The van der Waals surface area contributed by atoms with Gasteiger partial charge in [-0.15, -0.1) is 0 Å². The monoisotopic (exact) mass is 346 g/mol. The fraction of sp³-hybridized carbons (Fsp3) is 0.357. The zero-order chi connectivity index (χ0) is 15.8. The van der Waals surface area contributed by atoms with Crippen LogP contribution in [-0.2, 0) is 15.5 Å². The number of nitrogens with zero attached hydrogens (tertiary/aromatic N) is 2. The fourth-order valence-corrected chi connectivity index (χ4v) is 4.03. The maximum Gasteiger partial charge on any atom is 0.266 e. The smallest absolute Gasteiger partial charge is 0.220 e. The predicted octanol–water partition coefficient (Wildman–Crippen LogP) is 4.02. The molecule has 0 amide bonds. The van der Waals surface area contributed by atoms with Crippen molar-refractivity contribution in [1.82, 2.24) is 9.78 Å². The van der Waals surface area contributed by atoms with Crippen molar-refractivity contribution in [2.45, 2.75) is 38.5 Å². The molecule has 0 N–H and O–H groups in total. The predicted molar refractivity (Wildman–Crippen MR) is 85.1 cm³/mol. The maximum absolute atomic E-state index is 11.8. The van der Waals surface area contributed by atoms with Gasteiger partial charge in [-0.1, -0.05) is 37.1 Å². The molecule has 0 aliphatic rings. The first-order valence-electron chi connectivity index (χ1n) is 6.55. The standard InChI is InChI=1S/C14H16Cl2N2O2S/c1-4-5-11-13(21(16,19)20)14(15)18(17-11)12-8-9(2)6-7-10(12)3/h6-8H,4-5H2,1-3H3. The van der Waals surface area contributed by atoms with Gasteiger partial charge in [-0.25, -0.2) is 13.1 Å². The summed E-state index contributed by atoms with van der Waals surface area (Å²) in [7, 11) is 1.57. The largest absolute Gasteiger partial charge is 0.266 e. The number of aryl methyl sites for hydroxylation is 3. The van der Waals surface area contributed by atoms with Gasteiger partial charge >= 0.3 is 0 Å². The van der Waals surface area contributed by atoms with Crippen molar-refractivity contribution in [2.24, 2.45) is 0 Å². The molecule has 1 aromatic heterocycles. The second-order valence-corrected chi connectivity index (χ2v) is 7.82. The van der Waals surface area contributed by atoms with Crippen LogP contribution in [0.4, 0.5) is 0 Å². The van der Waals surface area contributed by atoms with Crippen LogP contribution in [0.3, 0.4) is 0 Å². The van der Waals surface area contributed by atoms with E-state index in [0.717, 1.165) is 23.2 Å². The molecule has 1 aromatic carbocycles. The zero-order valence-electron chi connectivity index (χ0n) is 12.0. The van der Waals surface area contributed by atoms with E-state index >= 15 is 0 Å². The lowest BCUT2D eigenvalue weighted by Crippen LogP contribution is -2.00. The van der Waals surface area contributed by atoms with Crippen LogP contribution in [0.5, 0.6) is 0 Å². The van der Waals surface area contributed by atoms with Crippen LogP contribution in [0.1, 0.15) is 30.2 Å². The lowest BCUT2D eigenvalue weighted by molar-refractivity contribution is 0.608. The van der Waals surface area contributed by atoms with E-state index in [2.05, 4.69) is 5.10 Å². The summed E-state index contributed by atoms with van der Waals surface area (Å²) in [6, 6.07) is 5.83. The van der Waals surface area contributed by atoms with Crippen LogP contribution < -0.4 is 0 Å². The molecule has 0 saturated heterocycles. The van der Waals surface area contributed by atoms with Gasteiger partial charge in [0.15, 0.2) is 5.15 Å². The Balaban J connectivity index is 2.74. The van der Waals surface area contributed by atoms with Gasteiger partial charge < -0.3 is 0 Å². The van der Waals surface area contributed by atoms with Crippen LogP contribution in [0.2, 0.25) is 5.15 Å². The van der Waals surface area contributed by atoms with E-state index < -0.39 is 9.05 Å². The number of hydrogen-bond donors (Lipinski definition) is 0. The Kier molecular flexibility index (Phi) is 4.66. The van der Waals surface area contributed by atoms with Gasteiger partial charge in [0.2, 0.25) is 0 Å². The van der Waals surface area contributed by atoms with Crippen LogP contribution in [0.15, 0.2) is 23.1 Å². The van der Waals surface area contributed by atoms with E-state index in [4.69, 9.17) is 22.3 Å². The second kappa shape index (κ2) is 5.99. The quantitative estimate of drug-likeness (QED) is 0.785. The highest BCUT2D eigenvalue weighted by Crippen LogP contribution is 2.32. The highest BCUT2D eigenvalue weighted by molar-refractivity contribution is 8.13. The molecular formula is C14H16Cl2N2O2S. The molecule has 2 rings (SSSR count). The van der Waals surface area contributed by atoms with E-state index in [-0.39, 0.29) is 10.0 Å². The van der Waals surface area contributed by atoms with Crippen LogP contribution in [-0.4, -0.2) is 18.2 Å². The van der Waals surface area contributed by atoms with E-state index in [0.29, 0.717) is 12.1 Å². The number of rotatable bonds is 4. The molecule has 114 valence electrons. The summed E-state index contributed by atoms with van der Waals surface area (Å²) in [5.74, 6) is 0. The minimum Gasteiger partial charge on any atom is -0.220 e. The summed E-state index contributed by atoms with van der Waals surface area (Å²) in [6.45, 7) is 5.81. The van der Waals surface area contributed by atoms with E-state index in [1.54, 1.807) is 0 Å².